The molecule has 1 aromatic heterocycles. The number of rotatable bonds is 5. The fraction of sp³-hybridized carbons (Fsp3) is 0.250. The smallest absolute Gasteiger partial charge is 0.264 e. The van der Waals surface area contributed by atoms with Crippen molar-refractivity contribution in [3.63, 3.8) is 0 Å². The normalized spacial score (nSPS) is 12.1. The zero-order valence-electron chi connectivity index (χ0n) is 13.8. The van der Waals surface area contributed by atoms with Gasteiger partial charge in [0, 0.05) is 11.7 Å². The first-order valence-corrected chi connectivity index (χ1v) is 8.48. The number of hydrazone groups is 1. The van der Waals surface area contributed by atoms with Gasteiger partial charge in [0.1, 0.15) is 5.56 Å². The van der Waals surface area contributed by atoms with Crippen LogP contribution in [0.3, 0.4) is 0 Å². The summed E-state index contributed by atoms with van der Waals surface area (Å²) in [4.78, 5) is 14.6. The number of aromatic amines is 1. The van der Waals surface area contributed by atoms with Gasteiger partial charge in [0.25, 0.3) is 5.56 Å². The minimum Gasteiger partial charge on any atom is -0.494 e. The number of thiocarbonyl (C=S) groups is 1. The third-order valence-electron chi connectivity index (χ3n) is 3.58. The highest BCUT2D eigenvalue weighted by Crippen LogP contribution is 2.19. The van der Waals surface area contributed by atoms with Crippen molar-refractivity contribution in [2.24, 2.45) is 5.10 Å². The van der Waals surface area contributed by atoms with Gasteiger partial charge in [-0.25, -0.2) is 0 Å². The van der Waals surface area contributed by atoms with Crippen molar-refractivity contribution in [2.75, 3.05) is 5.32 Å². The highest BCUT2D eigenvalue weighted by Gasteiger charge is 2.14. The summed E-state index contributed by atoms with van der Waals surface area (Å²) in [6.07, 6.45) is 1.95. The minimum absolute atomic E-state index is 0.00362. The molecule has 2 aromatic rings. The molecule has 1 heterocycles. The van der Waals surface area contributed by atoms with Crippen molar-refractivity contribution >= 4 is 41.5 Å². The minimum atomic E-state index is -0.519. The SMILES string of the molecule is CC[C@H](C)n1c(O)c(C=NNC(=S)Nc2ccccc2)c(=O)[nH]c1=S. The van der Waals surface area contributed by atoms with Crippen LogP contribution in [0, 0.1) is 4.77 Å². The molecule has 1 atom stereocenters. The lowest BCUT2D eigenvalue weighted by Gasteiger charge is -2.16. The molecule has 0 saturated heterocycles. The lowest BCUT2D eigenvalue weighted by Crippen LogP contribution is -2.25. The van der Waals surface area contributed by atoms with Crippen molar-refractivity contribution < 1.29 is 5.11 Å². The summed E-state index contributed by atoms with van der Waals surface area (Å²) in [6, 6.07) is 9.28. The van der Waals surface area contributed by atoms with Gasteiger partial charge in [0.2, 0.25) is 5.88 Å². The fourth-order valence-electron chi connectivity index (χ4n) is 2.10. The Morgan fingerprint density at radius 1 is 1.44 bits per heavy atom. The summed E-state index contributed by atoms with van der Waals surface area (Å²) in [5, 5.41) is 17.5. The van der Waals surface area contributed by atoms with Crippen molar-refractivity contribution in [1.82, 2.24) is 15.0 Å². The lowest BCUT2D eigenvalue weighted by molar-refractivity contribution is 0.371. The molecule has 9 heteroatoms. The second kappa shape index (κ2) is 8.54. The summed E-state index contributed by atoms with van der Waals surface area (Å²) in [7, 11) is 0. The van der Waals surface area contributed by atoms with Gasteiger partial charge in [-0.05, 0) is 49.9 Å². The highest BCUT2D eigenvalue weighted by atomic mass is 32.1. The van der Waals surface area contributed by atoms with Gasteiger partial charge in [0.05, 0.1) is 6.21 Å². The Balaban J connectivity index is 2.17. The van der Waals surface area contributed by atoms with Gasteiger partial charge in [-0.3, -0.25) is 19.8 Å². The van der Waals surface area contributed by atoms with Gasteiger partial charge in [0.15, 0.2) is 9.88 Å². The average Bonchev–Trinajstić information content (AvgIpc) is 2.58. The number of nitrogens with one attached hydrogen (secondary N) is 3. The number of aromatic nitrogens is 2. The molecule has 0 aliphatic carbocycles. The molecule has 7 nitrogen and oxygen atoms in total. The van der Waals surface area contributed by atoms with Crippen LogP contribution in [-0.2, 0) is 0 Å². The predicted molar refractivity (Wildman–Crippen MR) is 106 cm³/mol. The molecule has 0 amide bonds. The van der Waals surface area contributed by atoms with Crippen molar-refractivity contribution in [1.29, 1.82) is 0 Å². The van der Waals surface area contributed by atoms with E-state index in [1.807, 2.05) is 44.2 Å². The second-order valence-corrected chi connectivity index (χ2v) is 6.11. The number of hydrogen-bond donors (Lipinski definition) is 4. The summed E-state index contributed by atoms with van der Waals surface area (Å²) in [5.41, 5.74) is 2.89. The van der Waals surface area contributed by atoms with E-state index >= 15 is 0 Å². The molecule has 2 rings (SSSR count). The first-order valence-electron chi connectivity index (χ1n) is 7.67. The monoisotopic (exact) mass is 377 g/mol. The maximum atomic E-state index is 12.0. The van der Waals surface area contributed by atoms with Gasteiger partial charge in [-0.15, -0.1) is 0 Å². The van der Waals surface area contributed by atoms with E-state index < -0.39 is 5.56 Å². The summed E-state index contributed by atoms with van der Waals surface area (Å²) in [6.45, 7) is 3.85. The predicted octanol–water partition coefficient (Wildman–Crippen LogP) is 2.90. The quantitative estimate of drug-likeness (QED) is 0.364. The Kier molecular flexibility index (Phi) is 6.43. The van der Waals surface area contributed by atoms with Crippen LogP contribution < -0.4 is 16.3 Å². The molecule has 0 fully saturated rings. The maximum Gasteiger partial charge on any atom is 0.264 e. The van der Waals surface area contributed by atoms with E-state index in [0.717, 1.165) is 12.1 Å². The Labute approximate surface area is 155 Å². The molecular weight excluding hydrogens is 358 g/mol. The number of aromatic hydroxyl groups is 1. The fourth-order valence-corrected chi connectivity index (χ4v) is 2.63. The number of nitrogens with zero attached hydrogens (tertiary/aromatic N) is 2. The molecule has 0 radical (unpaired) electrons. The standard InChI is InChI=1S/C16H19N5O2S2/c1-3-10(2)21-14(23)12(13(22)19-16(21)25)9-17-20-15(24)18-11-7-5-4-6-8-11/h4-10,23H,3H2,1-2H3,(H2,18,20,24)(H,19,22,25)/t10-/m0/s1. The van der Waals surface area contributed by atoms with Crippen LogP contribution in [0.15, 0.2) is 40.2 Å². The van der Waals surface area contributed by atoms with Gasteiger partial charge in [-0.2, -0.15) is 5.10 Å². The van der Waals surface area contributed by atoms with E-state index in [4.69, 9.17) is 24.4 Å². The number of anilines is 1. The van der Waals surface area contributed by atoms with Crippen molar-refractivity contribution in [3.05, 3.63) is 51.0 Å². The van der Waals surface area contributed by atoms with Gasteiger partial charge >= 0.3 is 0 Å². The molecule has 0 spiro atoms. The molecule has 0 aliphatic rings. The molecule has 25 heavy (non-hydrogen) atoms. The Morgan fingerprint density at radius 3 is 2.76 bits per heavy atom. The van der Waals surface area contributed by atoms with E-state index in [0.29, 0.717) is 0 Å². The number of benzene rings is 1. The Morgan fingerprint density at radius 2 is 2.12 bits per heavy atom. The van der Waals surface area contributed by atoms with Crippen LogP contribution in [0.5, 0.6) is 5.88 Å². The maximum absolute atomic E-state index is 12.0. The summed E-state index contributed by atoms with van der Waals surface area (Å²) < 4.78 is 1.65. The van der Waals surface area contributed by atoms with E-state index in [2.05, 4.69) is 20.8 Å². The largest absolute Gasteiger partial charge is 0.494 e. The molecule has 132 valence electrons. The summed E-state index contributed by atoms with van der Waals surface area (Å²) >= 11 is 10.2. The van der Waals surface area contributed by atoms with E-state index in [-0.39, 0.29) is 27.4 Å². The van der Waals surface area contributed by atoms with Crippen LogP contribution in [0.25, 0.3) is 0 Å². The molecule has 4 N–H and O–H groups in total. The Hall–Kier alpha value is -2.52. The molecule has 0 saturated carbocycles. The van der Waals surface area contributed by atoms with Crippen LogP contribution in [0.4, 0.5) is 5.69 Å². The van der Waals surface area contributed by atoms with Gasteiger partial charge < -0.3 is 10.4 Å². The van der Waals surface area contributed by atoms with E-state index in [1.54, 1.807) is 0 Å². The second-order valence-electron chi connectivity index (χ2n) is 5.31. The number of para-hydroxylation sites is 1. The van der Waals surface area contributed by atoms with E-state index in [1.165, 1.54) is 10.8 Å². The molecule has 1 aromatic carbocycles. The van der Waals surface area contributed by atoms with Gasteiger partial charge in [-0.1, -0.05) is 25.1 Å². The average molecular weight is 377 g/mol. The zero-order chi connectivity index (χ0) is 18.4. The topological polar surface area (TPSA) is 94.4 Å². The van der Waals surface area contributed by atoms with Crippen LogP contribution in [0.1, 0.15) is 31.9 Å². The molecule has 0 bridgehead atoms. The zero-order valence-corrected chi connectivity index (χ0v) is 15.4. The van der Waals surface area contributed by atoms with Crippen LogP contribution in [-0.4, -0.2) is 26.0 Å². The molecule has 0 aliphatic heterocycles. The number of H-pyrrole nitrogens is 1. The lowest BCUT2D eigenvalue weighted by atomic mass is 10.2. The molecular formula is C16H19N5O2S2. The first kappa shape index (κ1) is 18.8. The third kappa shape index (κ3) is 4.74. The molecule has 0 unspecified atom stereocenters. The van der Waals surface area contributed by atoms with Crippen LogP contribution >= 0.6 is 24.4 Å². The van der Waals surface area contributed by atoms with E-state index in [9.17, 15) is 9.90 Å². The van der Waals surface area contributed by atoms with Crippen molar-refractivity contribution in [2.45, 2.75) is 26.3 Å². The highest BCUT2D eigenvalue weighted by molar-refractivity contribution is 7.80. The van der Waals surface area contributed by atoms with Crippen molar-refractivity contribution in [3.8, 4) is 5.88 Å². The first-order chi connectivity index (χ1) is 11.9. The third-order valence-corrected chi connectivity index (χ3v) is 4.07. The number of hydrogen-bond acceptors (Lipinski definition) is 5. The Bertz CT molecular complexity index is 890. The van der Waals surface area contributed by atoms with Crippen LogP contribution in [0.2, 0.25) is 0 Å². The summed E-state index contributed by atoms with van der Waals surface area (Å²) in [5.74, 6) is -0.226.